The van der Waals surface area contributed by atoms with E-state index in [1.807, 2.05) is 41.3 Å². The largest absolute Gasteiger partial charge is 0.331 e. The molecule has 0 bridgehead atoms. The van der Waals surface area contributed by atoms with Crippen molar-refractivity contribution in [3.8, 4) is 0 Å². The van der Waals surface area contributed by atoms with Crippen LogP contribution < -0.4 is 11.1 Å². The third-order valence-electron chi connectivity index (χ3n) is 6.05. The summed E-state index contributed by atoms with van der Waals surface area (Å²) in [4.78, 5) is 31.9. The summed E-state index contributed by atoms with van der Waals surface area (Å²) in [6, 6.07) is 18.2. The second-order valence-electron chi connectivity index (χ2n) is 8.36. The molecule has 0 spiro atoms. The molecule has 1 aromatic heterocycles. The minimum atomic E-state index is -0.232. The number of hydrogen-bond acceptors (Lipinski definition) is 4. The van der Waals surface area contributed by atoms with Gasteiger partial charge in [0, 0.05) is 52.9 Å². The van der Waals surface area contributed by atoms with Crippen molar-refractivity contribution in [1.82, 2.24) is 9.88 Å². The molecule has 6 nitrogen and oxygen atoms in total. The van der Waals surface area contributed by atoms with E-state index in [-0.39, 0.29) is 23.9 Å². The van der Waals surface area contributed by atoms with E-state index in [1.165, 1.54) is 0 Å². The summed E-state index contributed by atoms with van der Waals surface area (Å²) < 4.78 is 0. The van der Waals surface area contributed by atoms with Crippen LogP contribution in [-0.2, 0) is 6.54 Å². The summed E-state index contributed by atoms with van der Waals surface area (Å²) in [5.74, 6) is -0.262. The van der Waals surface area contributed by atoms with Crippen molar-refractivity contribution in [2.45, 2.75) is 44.3 Å². The van der Waals surface area contributed by atoms with Crippen LogP contribution in [0.4, 0.5) is 5.69 Å². The van der Waals surface area contributed by atoms with Crippen LogP contribution in [0, 0.1) is 0 Å². The molecular formula is C26H27ClN4O2. The fraction of sp³-hybridized carbons (Fsp3) is 0.269. The Morgan fingerprint density at radius 3 is 2.36 bits per heavy atom. The fourth-order valence-corrected chi connectivity index (χ4v) is 4.37. The van der Waals surface area contributed by atoms with E-state index in [9.17, 15) is 9.59 Å². The normalized spacial score (nSPS) is 17.9. The lowest BCUT2D eigenvalue weighted by molar-refractivity contribution is 0.0606. The number of anilines is 1. The van der Waals surface area contributed by atoms with E-state index in [0.717, 1.165) is 31.2 Å². The smallest absolute Gasteiger partial charge is 0.255 e. The molecule has 3 aromatic rings. The average molecular weight is 463 g/mol. The van der Waals surface area contributed by atoms with Crippen molar-refractivity contribution < 1.29 is 9.59 Å². The molecule has 2 amide bonds. The molecule has 4 rings (SSSR count). The van der Waals surface area contributed by atoms with Gasteiger partial charge in [-0.2, -0.15) is 0 Å². The Labute approximate surface area is 198 Å². The maximum absolute atomic E-state index is 13.5. The molecule has 3 N–H and O–H groups in total. The Morgan fingerprint density at radius 2 is 1.67 bits per heavy atom. The van der Waals surface area contributed by atoms with E-state index in [4.69, 9.17) is 17.3 Å². The van der Waals surface area contributed by atoms with Crippen LogP contribution in [0.5, 0.6) is 0 Å². The van der Waals surface area contributed by atoms with Gasteiger partial charge in [0.1, 0.15) is 0 Å². The lowest BCUT2D eigenvalue weighted by Gasteiger charge is -2.36. The van der Waals surface area contributed by atoms with Gasteiger partial charge in [-0.15, -0.1) is 0 Å². The number of carbonyl (C=O) groups excluding carboxylic acids is 2. The Kier molecular flexibility index (Phi) is 7.37. The van der Waals surface area contributed by atoms with Crippen molar-refractivity contribution in [2.24, 2.45) is 5.73 Å². The fourth-order valence-electron chi connectivity index (χ4n) is 4.19. The standard InChI is InChI=1S/C26H27ClN4O2/c27-24-11-8-22(30-25(32)18-12-14-29-15-13-18)16-20(24)17-31(23-9-6-21(28)7-10-23)26(33)19-4-2-1-3-5-19/h1-5,8,11-16,21,23H,6-7,9-10,17,28H2,(H,30,32). The topological polar surface area (TPSA) is 88.3 Å². The number of nitrogens with two attached hydrogens (primary N) is 1. The summed E-state index contributed by atoms with van der Waals surface area (Å²) in [7, 11) is 0. The third kappa shape index (κ3) is 5.78. The molecule has 1 heterocycles. The maximum atomic E-state index is 13.5. The number of halogens is 1. The number of rotatable bonds is 6. The lowest BCUT2D eigenvalue weighted by atomic mass is 9.90. The molecule has 1 aliphatic rings. The summed E-state index contributed by atoms with van der Waals surface area (Å²) in [6.07, 6.45) is 6.64. The van der Waals surface area contributed by atoms with Gasteiger partial charge in [-0.25, -0.2) is 0 Å². The Bertz CT molecular complexity index is 1100. The first-order chi connectivity index (χ1) is 16.0. The van der Waals surface area contributed by atoms with E-state index in [2.05, 4.69) is 10.3 Å². The number of nitrogens with zero attached hydrogens (tertiary/aromatic N) is 2. The highest BCUT2D eigenvalue weighted by Crippen LogP contribution is 2.29. The van der Waals surface area contributed by atoms with Crippen LogP contribution >= 0.6 is 11.6 Å². The number of pyridine rings is 1. The SMILES string of the molecule is NC1CCC(N(Cc2cc(NC(=O)c3ccncc3)ccc2Cl)C(=O)c2ccccc2)CC1. The Hall–Kier alpha value is -3.22. The second kappa shape index (κ2) is 10.6. The van der Waals surface area contributed by atoms with E-state index < -0.39 is 0 Å². The molecule has 0 aliphatic heterocycles. The molecule has 33 heavy (non-hydrogen) atoms. The number of aromatic nitrogens is 1. The first-order valence-electron chi connectivity index (χ1n) is 11.1. The molecule has 0 radical (unpaired) electrons. The molecule has 170 valence electrons. The van der Waals surface area contributed by atoms with Gasteiger partial charge in [-0.3, -0.25) is 14.6 Å². The number of nitrogens with one attached hydrogen (secondary N) is 1. The number of amides is 2. The predicted octanol–water partition coefficient (Wildman–Crippen LogP) is 4.90. The lowest BCUT2D eigenvalue weighted by Crippen LogP contribution is -2.43. The van der Waals surface area contributed by atoms with E-state index in [1.54, 1.807) is 36.7 Å². The summed E-state index contributed by atoms with van der Waals surface area (Å²) in [5, 5.41) is 3.45. The molecule has 0 atom stereocenters. The first-order valence-corrected chi connectivity index (χ1v) is 11.5. The van der Waals surface area contributed by atoms with Gasteiger partial charge in [0.2, 0.25) is 0 Å². The van der Waals surface area contributed by atoms with Gasteiger partial charge in [0.25, 0.3) is 11.8 Å². The van der Waals surface area contributed by atoms with Gasteiger partial charge in [-0.1, -0.05) is 29.8 Å². The van der Waals surface area contributed by atoms with Crippen molar-refractivity contribution in [1.29, 1.82) is 0 Å². The van der Waals surface area contributed by atoms with Crippen LogP contribution in [-0.4, -0.2) is 33.8 Å². The average Bonchev–Trinajstić information content (AvgIpc) is 2.85. The highest BCUT2D eigenvalue weighted by atomic mass is 35.5. The molecule has 2 aromatic carbocycles. The highest BCUT2D eigenvalue weighted by molar-refractivity contribution is 6.31. The van der Waals surface area contributed by atoms with Gasteiger partial charge in [0.15, 0.2) is 0 Å². The van der Waals surface area contributed by atoms with Gasteiger partial charge >= 0.3 is 0 Å². The van der Waals surface area contributed by atoms with Gasteiger partial charge in [-0.05, 0) is 73.7 Å². The maximum Gasteiger partial charge on any atom is 0.255 e. The van der Waals surface area contributed by atoms with Crippen molar-refractivity contribution in [3.05, 3.63) is 94.8 Å². The molecule has 1 fully saturated rings. The monoisotopic (exact) mass is 462 g/mol. The predicted molar refractivity (Wildman–Crippen MR) is 130 cm³/mol. The molecule has 0 saturated heterocycles. The molecule has 1 saturated carbocycles. The second-order valence-corrected chi connectivity index (χ2v) is 8.77. The zero-order valence-electron chi connectivity index (χ0n) is 18.3. The third-order valence-corrected chi connectivity index (χ3v) is 6.42. The summed E-state index contributed by atoms with van der Waals surface area (Å²) >= 11 is 6.53. The number of benzene rings is 2. The molecule has 1 aliphatic carbocycles. The molecule has 0 unspecified atom stereocenters. The minimum Gasteiger partial charge on any atom is -0.331 e. The van der Waals surface area contributed by atoms with Crippen LogP contribution in [0.3, 0.4) is 0 Å². The quantitative estimate of drug-likeness (QED) is 0.545. The Morgan fingerprint density at radius 1 is 0.970 bits per heavy atom. The van der Waals surface area contributed by atoms with Crippen LogP contribution in [0.15, 0.2) is 73.1 Å². The van der Waals surface area contributed by atoms with Crippen LogP contribution in [0.1, 0.15) is 52.0 Å². The minimum absolute atomic E-state index is 0.0293. The van der Waals surface area contributed by atoms with E-state index >= 15 is 0 Å². The zero-order valence-corrected chi connectivity index (χ0v) is 19.0. The van der Waals surface area contributed by atoms with E-state index in [0.29, 0.717) is 28.4 Å². The van der Waals surface area contributed by atoms with Crippen molar-refractivity contribution in [2.75, 3.05) is 5.32 Å². The van der Waals surface area contributed by atoms with Crippen molar-refractivity contribution in [3.63, 3.8) is 0 Å². The highest BCUT2D eigenvalue weighted by Gasteiger charge is 2.29. The first kappa shape index (κ1) is 23.0. The summed E-state index contributed by atoms with van der Waals surface area (Å²) in [6.45, 7) is 0.353. The number of hydrogen-bond donors (Lipinski definition) is 2. The van der Waals surface area contributed by atoms with Crippen molar-refractivity contribution >= 4 is 29.1 Å². The number of carbonyl (C=O) groups is 2. The summed E-state index contributed by atoms with van der Waals surface area (Å²) in [5.41, 5.74) is 8.67. The van der Waals surface area contributed by atoms with Crippen LogP contribution in [0.2, 0.25) is 5.02 Å². The van der Waals surface area contributed by atoms with Gasteiger partial charge in [0.05, 0.1) is 0 Å². The molecule has 7 heteroatoms. The zero-order chi connectivity index (χ0) is 23.2. The van der Waals surface area contributed by atoms with Crippen LogP contribution in [0.25, 0.3) is 0 Å². The van der Waals surface area contributed by atoms with Gasteiger partial charge < -0.3 is 16.0 Å². The Balaban J connectivity index is 1.58. The molecular weight excluding hydrogens is 436 g/mol.